The molecule has 0 bridgehead atoms. The van der Waals surface area contributed by atoms with Gasteiger partial charge in [-0.05, 0) is 24.3 Å². The highest BCUT2D eigenvalue weighted by atomic mass is 32.2. The Morgan fingerprint density at radius 3 is 2.60 bits per heavy atom. The van der Waals surface area contributed by atoms with Gasteiger partial charge < -0.3 is 0 Å². The molecule has 0 aromatic carbocycles. The van der Waals surface area contributed by atoms with Crippen LogP contribution >= 0.6 is 23.5 Å². The molecule has 1 fully saturated rings. The summed E-state index contributed by atoms with van der Waals surface area (Å²) in [6, 6.07) is 0. The van der Waals surface area contributed by atoms with E-state index in [0.29, 0.717) is 5.25 Å². The van der Waals surface area contributed by atoms with Gasteiger partial charge in [-0.2, -0.15) is 11.8 Å². The van der Waals surface area contributed by atoms with E-state index in [-0.39, 0.29) is 5.12 Å². The molecule has 0 unspecified atom stereocenters. The third kappa shape index (κ3) is 2.97. The molecule has 0 saturated carbocycles. The van der Waals surface area contributed by atoms with Gasteiger partial charge in [0.2, 0.25) is 0 Å². The summed E-state index contributed by atoms with van der Waals surface area (Å²) in [7, 11) is 0. The number of hydrogen-bond donors (Lipinski definition) is 0. The molecule has 0 N–H and O–H groups in total. The quantitative estimate of drug-likeness (QED) is 0.609. The number of carbonyl (C=O) groups excluding carboxylic acids is 1. The zero-order chi connectivity index (χ0) is 7.40. The van der Waals surface area contributed by atoms with Gasteiger partial charge in [-0.25, -0.2) is 0 Å². The second kappa shape index (κ2) is 4.29. The Bertz CT molecular complexity index is 119. The van der Waals surface area contributed by atoms with E-state index < -0.39 is 0 Å². The molecule has 1 aliphatic rings. The number of rotatable bonds is 1. The fourth-order valence-electron chi connectivity index (χ4n) is 1.03. The summed E-state index contributed by atoms with van der Waals surface area (Å²) >= 11 is 3.52. The molecule has 0 atom stereocenters. The summed E-state index contributed by atoms with van der Waals surface area (Å²) in [6.07, 6.45) is 2.43. The van der Waals surface area contributed by atoms with Crippen molar-refractivity contribution < 1.29 is 4.79 Å². The zero-order valence-electron chi connectivity index (χ0n) is 6.13. The Balaban J connectivity index is 2.19. The van der Waals surface area contributed by atoms with Crippen molar-refractivity contribution in [2.24, 2.45) is 0 Å². The Morgan fingerprint density at radius 2 is 2.10 bits per heavy atom. The molecule has 0 amide bonds. The maximum atomic E-state index is 10.7. The minimum Gasteiger partial charge on any atom is -0.288 e. The van der Waals surface area contributed by atoms with Crippen LogP contribution in [0.4, 0.5) is 0 Å². The lowest BCUT2D eigenvalue weighted by Gasteiger charge is -2.18. The number of carbonyl (C=O) groups is 1. The first-order chi connectivity index (χ1) is 4.79. The summed E-state index contributed by atoms with van der Waals surface area (Å²) in [6.45, 7) is 1.66. The Morgan fingerprint density at radius 1 is 1.50 bits per heavy atom. The van der Waals surface area contributed by atoms with Crippen molar-refractivity contribution in [2.45, 2.75) is 25.0 Å². The van der Waals surface area contributed by atoms with Gasteiger partial charge in [0.15, 0.2) is 5.12 Å². The molecule has 1 aliphatic heterocycles. The predicted molar refractivity (Wildman–Crippen MR) is 48.6 cm³/mol. The van der Waals surface area contributed by atoms with Crippen molar-refractivity contribution in [1.82, 2.24) is 0 Å². The van der Waals surface area contributed by atoms with Crippen molar-refractivity contribution >= 4 is 28.6 Å². The first-order valence-electron chi connectivity index (χ1n) is 3.54. The third-order valence-corrected chi connectivity index (χ3v) is 3.69. The topological polar surface area (TPSA) is 17.1 Å². The van der Waals surface area contributed by atoms with Crippen molar-refractivity contribution in [3.63, 3.8) is 0 Å². The summed E-state index contributed by atoms with van der Waals surface area (Å²) < 4.78 is 0. The minimum atomic E-state index is 0.275. The molecule has 1 nitrogen and oxygen atoms in total. The predicted octanol–water partition coefficient (Wildman–Crippen LogP) is 2.16. The highest BCUT2D eigenvalue weighted by Crippen LogP contribution is 2.27. The van der Waals surface area contributed by atoms with Gasteiger partial charge in [0.25, 0.3) is 0 Å². The van der Waals surface area contributed by atoms with Crippen LogP contribution in [0.5, 0.6) is 0 Å². The average molecular weight is 176 g/mol. The maximum Gasteiger partial charge on any atom is 0.186 e. The van der Waals surface area contributed by atoms with Crippen LogP contribution in [0.15, 0.2) is 0 Å². The molecular weight excluding hydrogens is 164 g/mol. The zero-order valence-corrected chi connectivity index (χ0v) is 7.76. The van der Waals surface area contributed by atoms with Crippen LogP contribution in [0.2, 0.25) is 0 Å². The standard InChI is InChI=1S/C7H12OS2/c1-6(8)10-7-2-4-9-5-3-7/h7H,2-5H2,1H3. The van der Waals surface area contributed by atoms with Crippen LogP contribution in [0.1, 0.15) is 19.8 Å². The maximum absolute atomic E-state index is 10.7. The molecule has 1 rings (SSSR count). The molecule has 3 heteroatoms. The van der Waals surface area contributed by atoms with Gasteiger partial charge >= 0.3 is 0 Å². The van der Waals surface area contributed by atoms with Crippen molar-refractivity contribution in [3.8, 4) is 0 Å². The normalized spacial score (nSPS) is 20.9. The van der Waals surface area contributed by atoms with Gasteiger partial charge in [-0.15, -0.1) is 0 Å². The fourth-order valence-corrected chi connectivity index (χ4v) is 3.37. The Kier molecular flexibility index (Phi) is 3.63. The van der Waals surface area contributed by atoms with E-state index in [2.05, 4.69) is 0 Å². The molecule has 1 saturated heterocycles. The number of hydrogen-bond acceptors (Lipinski definition) is 3. The second-order valence-electron chi connectivity index (χ2n) is 2.42. The van der Waals surface area contributed by atoms with Crippen molar-refractivity contribution in [3.05, 3.63) is 0 Å². The lowest BCUT2D eigenvalue weighted by Crippen LogP contribution is -2.12. The second-order valence-corrected chi connectivity index (χ2v) is 5.12. The first-order valence-corrected chi connectivity index (χ1v) is 5.57. The fraction of sp³-hybridized carbons (Fsp3) is 0.857. The molecular formula is C7H12OS2. The van der Waals surface area contributed by atoms with E-state index >= 15 is 0 Å². The largest absolute Gasteiger partial charge is 0.288 e. The SMILES string of the molecule is CC(=O)SC1CCSCC1. The molecule has 1 heterocycles. The van der Waals surface area contributed by atoms with Crippen LogP contribution < -0.4 is 0 Å². The third-order valence-electron chi connectivity index (χ3n) is 1.50. The van der Waals surface area contributed by atoms with Crippen LogP contribution in [-0.2, 0) is 4.79 Å². The van der Waals surface area contributed by atoms with Gasteiger partial charge in [0.1, 0.15) is 0 Å². The molecule has 0 spiro atoms. The van der Waals surface area contributed by atoms with Gasteiger partial charge in [-0.1, -0.05) is 11.8 Å². The summed E-state index contributed by atoms with van der Waals surface area (Å²) in [4.78, 5) is 10.7. The molecule has 0 aromatic heterocycles. The molecule has 10 heavy (non-hydrogen) atoms. The van der Waals surface area contributed by atoms with Crippen LogP contribution in [0, 0.1) is 0 Å². The molecule has 0 radical (unpaired) electrons. The smallest absolute Gasteiger partial charge is 0.186 e. The molecule has 58 valence electrons. The summed E-state index contributed by atoms with van der Waals surface area (Å²) in [5.41, 5.74) is 0. The van der Waals surface area contributed by atoms with Crippen LogP contribution in [0.25, 0.3) is 0 Å². The van der Waals surface area contributed by atoms with E-state index in [9.17, 15) is 4.79 Å². The van der Waals surface area contributed by atoms with E-state index in [4.69, 9.17) is 0 Å². The summed E-state index contributed by atoms with van der Waals surface area (Å²) in [5, 5.41) is 0.899. The van der Waals surface area contributed by atoms with Gasteiger partial charge in [-0.3, -0.25) is 4.79 Å². The summed E-state index contributed by atoms with van der Waals surface area (Å²) in [5.74, 6) is 2.48. The lowest BCUT2D eigenvalue weighted by molar-refractivity contribution is -0.109. The highest BCUT2D eigenvalue weighted by Gasteiger charge is 2.15. The lowest BCUT2D eigenvalue weighted by atomic mass is 10.2. The van der Waals surface area contributed by atoms with Gasteiger partial charge in [0.05, 0.1) is 0 Å². The monoisotopic (exact) mass is 176 g/mol. The first kappa shape index (κ1) is 8.47. The van der Waals surface area contributed by atoms with Gasteiger partial charge in [0, 0.05) is 12.2 Å². The molecule has 0 aliphatic carbocycles. The number of thioether (sulfide) groups is 2. The van der Waals surface area contributed by atoms with Crippen molar-refractivity contribution in [1.29, 1.82) is 0 Å². The van der Waals surface area contributed by atoms with E-state index in [1.807, 2.05) is 11.8 Å². The Labute approximate surface area is 70.3 Å². The van der Waals surface area contributed by atoms with E-state index in [0.717, 1.165) is 0 Å². The molecule has 0 aromatic rings. The van der Waals surface area contributed by atoms with Crippen LogP contribution in [0.3, 0.4) is 0 Å². The van der Waals surface area contributed by atoms with E-state index in [1.54, 1.807) is 6.92 Å². The van der Waals surface area contributed by atoms with Crippen LogP contribution in [-0.4, -0.2) is 21.9 Å². The minimum absolute atomic E-state index is 0.275. The van der Waals surface area contributed by atoms with E-state index in [1.165, 1.54) is 36.1 Å². The Hall–Kier alpha value is 0.370. The average Bonchev–Trinajstić information content (AvgIpc) is 1.88. The highest BCUT2D eigenvalue weighted by molar-refractivity contribution is 8.14. The van der Waals surface area contributed by atoms with Crippen molar-refractivity contribution in [2.75, 3.05) is 11.5 Å².